The summed E-state index contributed by atoms with van der Waals surface area (Å²) >= 11 is 0. The largest absolute Gasteiger partial charge is 0.478 e. The lowest BCUT2D eigenvalue weighted by molar-refractivity contribution is -0.134. The van der Waals surface area contributed by atoms with Gasteiger partial charge in [0.1, 0.15) is 0 Å². The maximum atomic E-state index is 9.55. The van der Waals surface area contributed by atoms with Crippen LogP contribution in [-0.4, -0.2) is 76.5 Å². The summed E-state index contributed by atoms with van der Waals surface area (Å²) in [5.74, 6) is -5.03. The van der Waals surface area contributed by atoms with E-state index in [4.69, 9.17) is 25.2 Å². The van der Waals surface area contributed by atoms with Gasteiger partial charge in [-0.25, -0.2) is 19.2 Å². The predicted octanol–water partition coefficient (Wildman–Crippen LogP) is 3.99. The molecule has 0 aliphatic carbocycles. The minimum Gasteiger partial charge on any atom is -0.478 e. The Bertz CT molecular complexity index is 1370. The summed E-state index contributed by atoms with van der Waals surface area (Å²) in [5, 5.41) is 33.8. The lowest BCUT2D eigenvalue weighted by atomic mass is 10.1. The highest BCUT2D eigenvalue weighted by Crippen LogP contribution is 2.34. The fourth-order valence-corrected chi connectivity index (χ4v) is 3.91. The van der Waals surface area contributed by atoms with E-state index in [0.29, 0.717) is 30.9 Å². The highest BCUT2D eigenvalue weighted by molar-refractivity contribution is 5.90. The Balaban J connectivity index is 0.000000304. The molecule has 4 rings (SSSR count). The lowest BCUT2D eigenvalue weighted by Gasteiger charge is -2.26. The van der Waals surface area contributed by atoms with E-state index in [0.717, 1.165) is 19.6 Å². The summed E-state index contributed by atoms with van der Waals surface area (Å²) < 4.78 is 5.34. The van der Waals surface area contributed by atoms with Crippen LogP contribution in [-0.2, 0) is 37.1 Å². The maximum absolute atomic E-state index is 9.55. The van der Waals surface area contributed by atoms with Gasteiger partial charge >= 0.3 is 23.9 Å². The Morgan fingerprint density at radius 1 is 0.756 bits per heavy atom. The van der Waals surface area contributed by atoms with E-state index in [2.05, 4.69) is 77.5 Å². The third-order valence-electron chi connectivity index (χ3n) is 5.68. The van der Waals surface area contributed by atoms with Crippen LogP contribution in [0, 0.1) is 0 Å². The number of carboxylic acids is 4. The van der Waals surface area contributed by atoms with E-state index < -0.39 is 23.9 Å². The molecule has 0 amide bonds. The zero-order valence-electron chi connectivity index (χ0n) is 22.6. The van der Waals surface area contributed by atoms with Gasteiger partial charge in [-0.3, -0.25) is 0 Å². The van der Waals surface area contributed by atoms with Gasteiger partial charge in [0, 0.05) is 62.4 Å². The molecule has 0 unspecified atom stereocenters. The van der Waals surface area contributed by atoms with Crippen molar-refractivity contribution in [1.29, 1.82) is 0 Å². The Hall–Kier alpha value is -5.00. The molecule has 0 spiro atoms. The van der Waals surface area contributed by atoms with E-state index in [9.17, 15) is 19.2 Å². The molecule has 1 heterocycles. The van der Waals surface area contributed by atoms with Crippen LogP contribution in [0.2, 0.25) is 0 Å². The molecule has 3 aromatic carbocycles. The molecule has 0 saturated heterocycles. The summed E-state index contributed by atoms with van der Waals surface area (Å²) in [5.41, 5.74) is 5.14. The molecule has 1 aliphatic heterocycles. The van der Waals surface area contributed by atoms with Crippen LogP contribution in [0.4, 0.5) is 11.4 Å². The standard InChI is InChI=1S/C22H24N2O.2C4H4O4/c1-23-11-12-24(21-10-9-18-5-3-4-6-19(18)14-21)22-13-17(16-25-2)7-8-20(22)15-23;2*5-3(6)1-2-4(7)8/h3-10,13-14H,11-12,15-16H2,1-2H3;2*1-2H,(H,5,6)(H,7,8)/b;2*2-1+. The summed E-state index contributed by atoms with van der Waals surface area (Å²) in [7, 11) is 3.94. The van der Waals surface area contributed by atoms with Gasteiger partial charge in [-0.1, -0.05) is 42.5 Å². The van der Waals surface area contributed by atoms with Crippen LogP contribution in [0.25, 0.3) is 10.8 Å². The number of aliphatic carboxylic acids is 4. The zero-order valence-corrected chi connectivity index (χ0v) is 22.6. The van der Waals surface area contributed by atoms with Crippen molar-refractivity contribution in [3.8, 4) is 0 Å². The molecule has 4 N–H and O–H groups in total. The second-order valence-corrected chi connectivity index (χ2v) is 8.84. The van der Waals surface area contributed by atoms with Crippen molar-refractivity contribution in [2.75, 3.05) is 32.1 Å². The lowest BCUT2D eigenvalue weighted by Crippen LogP contribution is -2.26. The molecule has 11 heteroatoms. The number of benzene rings is 3. The smallest absolute Gasteiger partial charge is 0.328 e. The number of anilines is 2. The quantitative estimate of drug-likeness (QED) is 0.307. The number of fused-ring (bicyclic) bond motifs is 2. The second kappa shape index (κ2) is 16.2. The number of hydrogen-bond donors (Lipinski definition) is 4. The van der Waals surface area contributed by atoms with Gasteiger partial charge in [-0.15, -0.1) is 0 Å². The first-order chi connectivity index (χ1) is 19.5. The first kappa shape index (κ1) is 32.2. The molecule has 0 atom stereocenters. The van der Waals surface area contributed by atoms with E-state index in [-0.39, 0.29) is 0 Å². The monoisotopic (exact) mass is 564 g/mol. The Labute approximate surface area is 236 Å². The van der Waals surface area contributed by atoms with Crippen molar-refractivity contribution in [1.82, 2.24) is 4.90 Å². The Kier molecular flexibility index (Phi) is 12.7. The van der Waals surface area contributed by atoms with Crippen LogP contribution in [0.15, 0.2) is 85.0 Å². The van der Waals surface area contributed by atoms with Gasteiger partial charge in [-0.2, -0.15) is 0 Å². The predicted molar refractivity (Wildman–Crippen MR) is 153 cm³/mol. The van der Waals surface area contributed by atoms with Gasteiger partial charge in [0.05, 0.1) is 6.61 Å². The average Bonchev–Trinajstić information content (AvgIpc) is 3.09. The summed E-state index contributed by atoms with van der Waals surface area (Å²) in [6.45, 7) is 3.65. The number of rotatable bonds is 7. The number of hydrogen-bond acceptors (Lipinski definition) is 7. The van der Waals surface area contributed by atoms with Crippen LogP contribution < -0.4 is 4.90 Å². The van der Waals surface area contributed by atoms with E-state index in [1.54, 1.807) is 7.11 Å². The van der Waals surface area contributed by atoms with Gasteiger partial charge in [0.15, 0.2) is 0 Å². The normalized spacial score (nSPS) is 13.0. The number of carboxylic acid groups (broad SMARTS) is 4. The van der Waals surface area contributed by atoms with Gasteiger partial charge in [0.25, 0.3) is 0 Å². The molecule has 1 aliphatic rings. The molecule has 11 nitrogen and oxygen atoms in total. The van der Waals surface area contributed by atoms with Crippen molar-refractivity contribution >= 4 is 46.0 Å². The van der Waals surface area contributed by atoms with Crippen molar-refractivity contribution in [3.63, 3.8) is 0 Å². The van der Waals surface area contributed by atoms with Crippen molar-refractivity contribution in [2.24, 2.45) is 0 Å². The molecule has 0 bridgehead atoms. The molecular weight excluding hydrogens is 532 g/mol. The molecule has 0 aromatic heterocycles. The van der Waals surface area contributed by atoms with Crippen LogP contribution >= 0.6 is 0 Å². The highest BCUT2D eigenvalue weighted by Gasteiger charge is 2.20. The number of likely N-dealkylation sites (N-methyl/N-ethyl adjacent to an activating group) is 1. The molecule has 0 fully saturated rings. The first-order valence-electron chi connectivity index (χ1n) is 12.3. The van der Waals surface area contributed by atoms with Gasteiger partial charge in [0.2, 0.25) is 0 Å². The minimum atomic E-state index is -1.26. The first-order valence-corrected chi connectivity index (χ1v) is 12.3. The molecule has 0 saturated carbocycles. The van der Waals surface area contributed by atoms with E-state index in [1.165, 1.54) is 33.3 Å². The molecule has 216 valence electrons. The van der Waals surface area contributed by atoms with E-state index in [1.807, 2.05) is 0 Å². The van der Waals surface area contributed by atoms with Gasteiger partial charge in [-0.05, 0) is 47.1 Å². The minimum absolute atomic E-state index is 0.558. The molecular formula is C30H32N2O9. The molecule has 41 heavy (non-hydrogen) atoms. The van der Waals surface area contributed by atoms with E-state index >= 15 is 0 Å². The molecule has 0 radical (unpaired) electrons. The summed E-state index contributed by atoms with van der Waals surface area (Å²) in [6.07, 6.45) is 2.23. The topological polar surface area (TPSA) is 165 Å². The summed E-state index contributed by atoms with van der Waals surface area (Å²) in [6, 6.07) is 22.0. The number of methoxy groups -OCH3 is 1. The van der Waals surface area contributed by atoms with Crippen LogP contribution in [0.1, 0.15) is 11.1 Å². The molecule has 3 aromatic rings. The number of nitrogens with zero attached hydrogens (tertiary/aromatic N) is 2. The van der Waals surface area contributed by atoms with Gasteiger partial charge < -0.3 is 35.0 Å². The average molecular weight is 565 g/mol. The SMILES string of the molecule is COCc1ccc2c(c1)N(c1ccc3ccccc3c1)CCN(C)C2.O=C(O)/C=C/C(=O)O.O=C(O)/C=C/C(=O)O. The van der Waals surface area contributed by atoms with Crippen LogP contribution in [0.3, 0.4) is 0 Å². The third-order valence-corrected chi connectivity index (χ3v) is 5.68. The van der Waals surface area contributed by atoms with Crippen molar-refractivity contribution < 1.29 is 44.3 Å². The number of ether oxygens (including phenoxy) is 1. The fourth-order valence-electron chi connectivity index (χ4n) is 3.91. The second-order valence-electron chi connectivity index (χ2n) is 8.84. The summed E-state index contributed by atoms with van der Waals surface area (Å²) in [4.78, 5) is 43.0. The van der Waals surface area contributed by atoms with Crippen molar-refractivity contribution in [2.45, 2.75) is 13.2 Å². The third kappa shape index (κ3) is 11.3. The highest BCUT2D eigenvalue weighted by atomic mass is 16.5. The Morgan fingerprint density at radius 3 is 1.85 bits per heavy atom. The zero-order chi connectivity index (χ0) is 30.4. The Morgan fingerprint density at radius 2 is 1.32 bits per heavy atom. The number of carbonyl (C=O) groups is 4. The van der Waals surface area contributed by atoms with Crippen LogP contribution in [0.5, 0.6) is 0 Å². The fraction of sp³-hybridized carbons (Fsp3) is 0.200. The maximum Gasteiger partial charge on any atom is 0.328 e. The van der Waals surface area contributed by atoms with Crippen molar-refractivity contribution in [3.05, 3.63) is 96.1 Å².